The van der Waals surface area contributed by atoms with Crippen molar-refractivity contribution in [3.05, 3.63) is 0 Å². The van der Waals surface area contributed by atoms with Crippen molar-refractivity contribution in [2.24, 2.45) is 17.8 Å². The number of nitrogens with zero attached hydrogens (tertiary/aromatic N) is 1. The molecule has 0 aromatic carbocycles. The molecule has 2 N–H and O–H groups in total. The van der Waals surface area contributed by atoms with Crippen LogP contribution in [0.3, 0.4) is 0 Å². The van der Waals surface area contributed by atoms with Gasteiger partial charge in [0.25, 0.3) is 0 Å². The zero-order valence-corrected chi connectivity index (χ0v) is 14.1. The largest absolute Gasteiger partial charge is 0.480 e. The lowest BCUT2D eigenvalue weighted by molar-refractivity contribution is -0.181. The van der Waals surface area contributed by atoms with E-state index in [0.29, 0.717) is 24.7 Å². The third-order valence-electron chi connectivity index (χ3n) is 5.49. The SMILES string of the molecule is CC(C)(C)OC(=O)N(CC(=O)O)C1C2CC3CC(C2)CC1(O)C3. The second-order valence-corrected chi connectivity index (χ2v) is 8.66. The van der Waals surface area contributed by atoms with Gasteiger partial charge in [-0.15, -0.1) is 0 Å². The quantitative estimate of drug-likeness (QED) is 0.831. The lowest BCUT2D eigenvalue weighted by atomic mass is 9.51. The van der Waals surface area contributed by atoms with Crippen LogP contribution < -0.4 is 0 Å². The van der Waals surface area contributed by atoms with Crippen LogP contribution in [0.25, 0.3) is 0 Å². The van der Waals surface area contributed by atoms with Crippen molar-refractivity contribution in [3.63, 3.8) is 0 Å². The van der Waals surface area contributed by atoms with Crippen LogP contribution in [-0.2, 0) is 9.53 Å². The van der Waals surface area contributed by atoms with Crippen molar-refractivity contribution in [1.82, 2.24) is 4.90 Å². The number of hydrogen-bond donors (Lipinski definition) is 2. The molecule has 0 aromatic heterocycles. The highest BCUT2D eigenvalue weighted by atomic mass is 16.6. The molecule has 0 spiro atoms. The number of ether oxygens (including phenoxy) is 1. The van der Waals surface area contributed by atoms with Crippen LogP contribution in [0.1, 0.15) is 52.9 Å². The molecule has 6 heteroatoms. The Bertz CT molecular complexity index is 498. The molecule has 4 aliphatic carbocycles. The van der Waals surface area contributed by atoms with Gasteiger partial charge in [0, 0.05) is 0 Å². The van der Waals surface area contributed by atoms with Crippen LogP contribution in [0.15, 0.2) is 0 Å². The molecule has 23 heavy (non-hydrogen) atoms. The maximum Gasteiger partial charge on any atom is 0.411 e. The van der Waals surface area contributed by atoms with Crippen LogP contribution in [0.5, 0.6) is 0 Å². The molecule has 6 nitrogen and oxygen atoms in total. The standard InChI is InChI=1S/C17H27NO5/c1-16(2,3)23-15(21)18(9-13(19)20)14-12-5-10-4-11(6-12)8-17(14,22)7-10/h10-12,14,22H,4-9H2,1-3H3,(H,19,20). The predicted octanol–water partition coefficient (Wildman–Crippen LogP) is 2.25. The number of carboxylic acid groups (broad SMARTS) is 1. The topological polar surface area (TPSA) is 87.1 Å². The highest BCUT2D eigenvalue weighted by Crippen LogP contribution is 2.57. The average Bonchev–Trinajstić information content (AvgIpc) is 2.32. The van der Waals surface area contributed by atoms with E-state index in [1.807, 2.05) is 0 Å². The molecule has 0 saturated heterocycles. The fourth-order valence-corrected chi connectivity index (χ4v) is 5.26. The van der Waals surface area contributed by atoms with E-state index >= 15 is 0 Å². The fraction of sp³-hybridized carbons (Fsp3) is 0.882. The van der Waals surface area contributed by atoms with Gasteiger partial charge in [-0.2, -0.15) is 0 Å². The van der Waals surface area contributed by atoms with Crippen molar-refractivity contribution >= 4 is 12.1 Å². The van der Waals surface area contributed by atoms with Crippen molar-refractivity contribution in [2.75, 3.05) is 6.54 Å². The van der Waals surface area contributed by atoms with E-state index in [0.717, 1.165) is 19.3 Å². The molecule has 4 fully saturated rings. The van der Waals surface area contributed by atoms with Crippen molar-refractivity contribution in [3.8, 4) is 0 Å². The number of carboxylic acids is 1. The Morgan fingerprint density at radius 1 is 1.17 bits per heavy atom. The van der Waals surface area contributed by atoms with Gasteiger partial charge in [0.2, 0.25) is 0 Å². The maximum absolute atomic E-state index is 12.6. The minimum atomic E-state index is -1.08. The Labute approximate surface area is 136 Å². The summed E-state index contributed by atoms with van der Waals surface area (Å²) in [6.07, 6.45) is 3.82. The summed E-state index contributed by atoms with van der Waals surface area (Å²) in [5, 5.41) is 20.4. The summed E-state index contributed by atoms with van der Waals surface area (Å²) >= 11 is 0. The highest BCUT2D eigenvalue weighted by Gasteiger charge is 2.59. The zero-order chi connectivity index (χ0) is 17.0. The molecule has 3 atom stereocenters. The molecule has 4 rings (SSSR count). The maximum atomic E-state index is 12.6. The van der Waals surface area contributed by atoms with Gasteiger partial charge >= 0.3 is 12.1 Å². The molecule has 0 aliphatic heterocycles. The number of amides is 1. The second kappa shape index (κ2) is 5.36. The molecule has 0 aromatic rings. The average molecular weight is 325 g/mol. The third-order valence-corrected chi connectivity index (χ3v) is 5.49. The van der Waals surface area contributed by atoms with Gasteiger partial charge in [-0.25, -0.2) is 4.79 Å². The third kappa shape index (κ3) is 3.18. The summed E-state index contributed by atoms with van der Waals surface area (Å²) < 4.78 is 5.41. The Morgan fingerprint density at radius 3 is 2.17 bits per heavy atom. The van der Waals surface area contributed by atoms with E-state index in [1.54, 1.807) is 20.8 Å². The Kier molecular flexibility index (Phi) is 3.86. The van der Waals surface area contributed by atoms with Crippen LogP contribution in [0, 0.1) is 17.8 Å². The second-order valence-electron chi connectivity index (χ2n) is 8.66. The van der Waals surface area contributed by atoms with E-state index in [-0.39, 0.29) is 5.92 Å². The van der Waals surface area contributed by atoms with Crippen molar-refractivity contribution in [2.45, 2.75) is 70.1 Å². The number of hydrogen-bond acceptors (Lipinski definition) is 4. The number of aliphatic carboxylic acids is 1. The molecule has 4 saturated carbocycles. The first-order chi connectivity index (χ1) is 10.6. The van der Waals surface area contributed by atoms with Gasteiger partial charge in [-0.1, -0.05) is 0 Å². The minimum Gasteiger partial charge on any atom is -0.480 e. The molecule has 0 radical (unpaired) electrons. The number of aliphatic hydroxyl groups is 1. The Morgan fingerprint density at radius 2 is 1.74 bits per heavy atom. The van der Waals surface area contributed by atoms with Gasteiger partial charge in [0.1, 0.15) is 12.1 Å². The van der Waals surface area contributed by atoms with Crippen LogP contribution in [0.2, 0.25) is 0 Å². The summed E-state index contributed by atoms with van der Waals surface area (Å²) in [4.78, 5) is 25.2. The smallest absolute Gasteiger partial charge is 0.411 e. The summed E-state index contributed by atoms with van der Waals surface area (Å²) in [5.74, 6) is 0.129. The predicted molar refractivity (Wildman–Crippen MR) is 82.9 cm³/mol. The molecule has 4 bridgehead atoms. The summed E-state index contributed by atoms with van der Waals surface area (Å²) in [5.41, 5.74) is -1.65. The lowest BCUT2D eigenvalue weighted by Crippen LogP contribution is -2.67. The molecule has 0 heterocycles. The fourth-order valence-electron chi connectivity index (χ4n) is 5.26. The first-order valence-electron chi connectivity index (χ1n) is 8.51. The molecule has 3 unspecified atom stereocenters. The van der Waals surface area contributed by atoms with E-state index in [1.165, 1.54) is 4.90 Å². The number of carbonyl (C=O) groups excluding carboxylic acids is 1. The first kappa shape index (κ1) is 16.6. The molecule has 130 valence electrons. The van der Waals surface area contributed by atoms with Gasteiger partial charge < -0.3 is 14.9 Å². The van der Waals surface area contributed by atoms with Crippen LogP contribution in [0.4, 0.5) is 4.79 Å². The molecular formula is C17H27NO5. The molecule has 4 aliphatic rings. The Balaban J connectivity index is 1.87. The van der Waals surface area contributed by atoms with Crippen LogP contribution in [-0.4, -0.2) is 51.0 Å². The molecular weight excluding hydrogens is 298 g/mol. The van der Waals surface area contributed by atoms with Crippen LogP contribution >= 0.6 is 0 Å². The normalized spacial score (nSPS) is 38.4. The van der Waals surface area contributed by atoms with Crippen molar-refractivity contribution < 1.29 is 24.5 Å². The Hall–Kier alpha value is -1.30. The number of carbonyl (C=O) groups is 2. The van der Waals surface area contributed by atoms with Gasteiger partial charge in [0.05, 0.1) is 11.6 Å². The van der Waals surface area contributed by atoms with E-state index in [2.05, 4.69) is 0 Å². The summed E-state index contributed by atoms with van der Waals surface area (Å²) in [6, 6.07) is -0.443. The minimum absolute atomic E-state index is 0.179. The molecule has 1 amide bonds. The van der Waals surface area contributed by atoms with Gasteiger partial charge in [-0.05, 0) is 70.6 Å². The van der Waals surface area contributed by atoms with E-state index in [4.69, 9.17) is 4.74 Å². The summed E-state index contributed by atoms with van der Waals surface area (Å²) in [6.45, 7) is 4.86. The first-order valence-corrected chi connectivity index (χ1v) is 8.51. The van der Waals surface area contributed by atoms with Gasteiger partial charge in [-0.3, -0.25) is 9.69 Å². The van der Waals surface area contributed by atoms with E-state index < -0.39 is 35.9 Å². The van der Waals surface area contributed by atoms with Crippen molar-refractivity contribution in [1.29, 1.82) is 0 Å². The highest BCUT2D eigenvalue weighted by molar-refractivity contribution is 5.77. The van der Waals surface area contributed by atoms with E-state index in [9.17, 15) is 19.8 Å². The summed E-state index contributed by atoms with van der Waals surface area (Å²) in [7, 11) is 0. The monoisotopic (exact) mass is 325 g/mol. The van der Waals surface area contributed by atoms with Gasteiger partial charge in [0.15, 0.2) is 0 Å². The lowest BCUT2D eigenvalue weighted by Gasteiger charge is -2.60. The number of rotatable bonds is 3. The zero-order valence-electron chi connectivity index (χ0n) is 14.1.